The number of rotatable bonds is 8. The number of halogens is 5. The lowest BCUT2D eigenvalue weighted by atomic mass is 10.0. The summed E-state index contributed by atoms with van der Waals surface area (Å²) in [6.07, 6.45) is 3.64. The number of anilines is 3. The van der Waals surface area contributed by atoms with Crippen molar-refractivity contribution >= 4 is 59.8 Å². The molecule has 45 heavy (non-hydrogen) atoms. The third kappa shape index (κ3) is 5.16. The van der Waals surface area contributed by atoms with E-state index in [1.165, 1.54) is 34.5 Å². The molecule has 1 saturated carbocycles. The van der Waals surface area contributed by atoms with Crippen molar-refractivity contribution in [1.29, 1.82) is 0 Å². The van der Waals surface area contributed by atoms with Crippen molar-refractivity contribution in [2.45, 2.75) is 30.3 Å². The van der Waals surface area contributed by atoms with Gasteiger partial charge in [-0.1, -0.05) is 0 Å². The maximum absolute atomic E-state index is 16.0. The third-order valence-corrected chi connectivity index (χ3v) is 9.35. The Kier molecular flexibility index (Phi) is 6.81. The summed E-state index contributed by atoms with van der Waals surface area (Å²) in [6.45, 7) is -2.84. The van der Waals surface area contributed by atoms with Crippen molar-refractivity contribution in [1.82, 2.24) is 24.3 Å². The van der Waals surface area contributed by atoms with Crippen LogP contribution in [-0.4, -0.2) is 32.7 Å². The van der Waals surface area contributed by atoms with Gasteiger partial charge in [0.05, 0.1) is 38.1 Å². The number of aromatic nitrogens is 5. The van der Waals surface area contributed by atoms with Crippen molar-refractivity contribution < 1.29 is 30.4 Å². The summed E-state index contributed by atoms with van der Waals surface area (Å²) in [5, 5.41) is 6.82. The number of thiazole rings is 1. The van der Waals surface area contributed by atoms with E-state index in [9.17, 15) is 26.4 Å². The van der Waals surface area contributed by atoms with Gasteiger partial charge in [-0.3, -0.25) is 9.52 Å². The molecule has 0 unspecified atom stereocenters. The predicted octanol–water partition coefficient (Wildman–Crippen LogP) is 6.56. The molecule has 17 heteroatoms. The van der Waals surface area contributed by atoms with Crippen molar-refractivity contribution in [3.63, 3.8) is 0 Å². The van der Waals surface area contributed by atoms with Crippen molar-refractivity contribution in [2.24, 2.45) is 0 Å². The minimum atomic E-state index is -4.70. The third-order valence-electron chi connectivity index (χ3n) is 7.18. The molecule has 0 spiro atoms. The van der Waals surface area contributed by atoms with Crippen molar-refractivity contribution in [3.05, 3.63) is 88.2 Å². The number of nitrogens with zero attached hydrogens (tertiary/aromatic N) is 5. The molecular formula is C28H18F5N7O3S2. The molecular weight excluding hydrogens is 641 g/mol. The summed E-state index contributed by atoms with van der Waals surface area (Å²) in [7, 11) is -4.70. The molecule has 2 N–H and O–H groups in total. The van der Waals surface area contributed by atoms with E-state index in [4.69, 9.17) is 0 Å². The van der Waals surface area contributed by atoms with E-state index in [1.807, 2.05) is 4.72 Å². The molecule has 0 aliphatic heterocycles. The van der Waals surface area contributed by atoms with Gasteiger partial charge in [-0.05, 0) is 37.1 Å². The van der Waals surface area contributed by atoms with Gasteiger partial charge < -0.3 is 9.88 Å². The number of hydrogen-bond donors (Lipinski definition) is 2. The molecule has 4 aromatic heterocycles. The minimum absolute atomic E-state index is 0.0781. The van der Waals surface area contributed by atoms with Crippen LogP contribution in [0.15, 0.2) is 70.1 Å². The molecule has 7 rings (SSSR count). The first kappa shape index (κ1) is 28.8. The maximum atomic E-state index is 16.0. The molecule has 0 bridgehead atoms. The van der Waals surface area contributed by atoms with E-state index < -0.39 is 55.7 Å². The van der Waals surface area contributed by atoms with E-state index in [2.05, 4.69) is 20.4 Å². The average molecular weight is 660 g/mol. The normalized spacial score (nSPS) is 13.6. The van der Waals surface area contributed by atoms with Crippen LogP contribution in [0.5, 0.6) is 0 Å². The van der Waals surface area contributed by atoms with Crippen LogP contribution in [0.1, 0.15) is 25.4 Å². The van der Waals surface area contributed by atoms with Gasteiger partial charge >= 0.3 is 6.55 Å². The van der Waals surface area contributed by atoms with Gasteiger partial charge in [0.15, 0.2) is 11.6 Å². The Labute approximate surface area is 253 Å². The van der Waals surface area contributed by atoms with E-state index in [0.29, 0.717) is 33.1 Å². The maximum Gasteiger partial charge on any atom is 0.333 e. The van der Waals surface area contributed by atoms with E-state index in [-0.39, 0.29) is 28.8 Å². The SMILES string of the molecule is O=c1c(-c2c(F)ccc(NS(=O)(=O)c3cc4scnc4cc3F)c2F)cc2cnc(Nc3ccn(C(F)F)n3)cc2n1C1CC1. The number of alkyl halides is 2. The largest absolute Gasteiger partial charge is 0.333 e. The summed E-state index contributed by atoms with van der Waals surface area (Å²) >= 11 is 1.08. The lowest BCUT2D eigenvalue weighted by Gasteiger charge is -2.16. The highest BCUT2D eigenvalue weighted by Crippen LogP contribution is 2.39. The molecule has 10 nitrogen and oxygen atoms in total. The topological polar surface area (TPSA) is 124 Å². The molecule has 4 heterocycles. The second kappa shape index (κ2) is 10.6. The first-order chi connectivity index (χ1) is 21.5. The Balaban J connectivity index is 1.29. The zero-order chi connectivity index (χ0) is 31.6. The zero-order valence-corrected chi connectivity index (χ0v) is 24.1. The lowest BCUT2D eigenvalue weighted by molar-refractivity contribution is 0.0569. The number of fused-ring (bicyclic) bond motifs is 2. The Bertz CT molecular complexity index is 2320. The monoisotopic (exact) mass is 659 g/mol. The van der Waals surface area contributed by atoms with Crippen LogP contribution in [0.3, 0.4) is 0 Å². The fourth-order valence-corrected chi connectivity index (χ4v) is 6.88. The number of pyridine rings is 2. The first-order valence-corrected chi connectivity index (χ1v) is 15.6. The van der Waals surface area contributed by atoms with Crippen LogP contribution in [0.2, 0.25) is 0 Å². The van der Waals surface area contributed by atoms with E-state index >= 15 is 8.78 Å². The molecule has 230 valence electrons. The van der Waals surface area contributed by atoms with Gasteiger partial charge in [0.25, 0.3) is 15.6 Å². The lowest BCUT2D eigenvalue weighted by Crippen LogP contribution is -2.23. The van der Waals surface area contributed by atoms with Crippen molar-refractivity contribution in [2.75, 3.05) is 10.0 Å². The van der Waals surface area contributed by atoms with Crippen LogP contribution in [0.25, 0.3) is 32.2 Å². The highest BCUT2D eigenvalue weighted by atomic mass is 32.2. The molecule has 1 aliphatic carbocycles. The highest BCUT2D eigenvalue weighted by molar-refractivity contribution is 7.92. The van der Waals surface area contributed by atoms with Gasteiger partial charge in [0.2, 0.25) is 0 Å². The number of nitrogens with one attached hydrogen (secondary N) is 2. The Morgan fingerprint density at radius 3 is 2.51 bits per heavy atom. The summed E-state index contributed by atoms with van der Waals surface area (Å²) in [5.41, 5.74) is -0.596. The summed E-state index contributed by atoms with van der Waals surface area (Å²) in [4.78, 5) is 21.2. The van der Waals surface area contributed by atoms with Crippen LogP contribution < -0.4 is 15.6 Å². The molecule has 1 aliphatic rings. The summed E-state index contributed by atoms with van der Waals surface area (Å²) in [6, 6.07) is 7.39. The second-order valence-electron chi connectivity index (χ2n) is 10.2. The van der Waals surface area contributed by atoms with Gasteiger partial charge in [-0.15, -0.1) is 11.3 Å². The van der Waals surface area contributed by atoms with E-state index in [0.717, 1.165) is 41.8 Å². The number of sulfonamides is 1. The molecule has 0 radical (unpaired) electrons. The van der Waals surface area contributed by atoms with Crippen LogP contribution in [-0.2, 0) is 10.0 Å². The van der Waals surface area contributed by atoms with Gasteiger partial charge in [0, 0.05) is 42.0 Å². The molecule has 2 aromatic carbocycles. The zero-order valence-electron chi connectivity index (χ0n) is 22.5. The second-order valence-corrected chi connectivity index (χ2v) is 12.7. The van der Waals surface area contributed by atoms with Crippen LogP contribution in [0.4, 0.5) is 39.3 Å². The number of hydrogen-bond acceptors (Lipinski definition) is 8. The smallest absolute Gasteiger partial charge is 0.323 e. The van der Waals surface area contributed by atoms with Gasteiger partial charge in [-0.25, -0.2) is 36.2 Å². The van der Waals surface area contributed by atoms with Gasteiger partial charge in [0.1, 0.15) is 22.3 Å². The van der Waals surface area contributed by atoms with Crippen molar-refractivity contribution in [3.8, 4) is 11.1 Å². The molecule has 0 saturated heterocycles. The predicted molar refractivity (Wildman–Crippen MR) is 157 cm³/mol. The Morgan fingerprint density at radius 2 is 1.78 bits per heavy atom. The fraction of sp³-hybridized carbons (Fsp3) is 0.143. The minimum Gasteiger partial charge on any atom is -0.323 e. The highest BCUT2D eigenvalue weighted by Gasteiger charge is 2.30. The Morgan fingerprint density at radius 1 is 0.978 bits per heavy atom. The Hall–Kier alpha value is -4.90. The summed E-state index contributed by atoms with van der Waals surface area (Å²) in [5.74, 6) is -3.37. The van der Waals surface area contributed by atoms with E-state index in [1.54, 1.807) is 0 Å². The first-order valence-electron chi connectivity index (χ1n) is 13.2. The molecule has 6 aromatic rings. The molecule has 0 atom stereocenters. The van der Waals surface area contributed by atoms with Gasteiger partial charge in [-0.2, -0.15) is 13.9 Å². The quantitative estimate of drug-likeness (QED) is 0.177. The molecule has 1 fully saturated rings. The van der Waals surface area contributed by atoms with Crippen LogP contribution >= 0.6 is 11.3 Å². The fourth-order valence-electron chi connectivity index (χ4n) is 4.96. The molecule has 0 amide bonds. The van der Waals surface area contributed by atoms with Crippen LogP contribution in [0, 0.1) is 17.5 Å². The standard InChI is InChI=1S/C28H18F5N7O3S2/c29-16-3-4-18(38-45(42,43)22-10-21-19(8-17(22)30)35-12-44-21)26(31)25(16)15-7-13-11-34-24(36-23-5-6-39(37-23)28(32)33)9-20(13)40(27(15)41)14-1-2-14/h3-12,14,28,38H,1-2H2,(H,34,36,37). The summed E-state index contributed by atoms with van der Waals surface area (Å²) < 4.78 is 102. The number of benzene rings is 2. The average Bonchev–Trinajstić information content (AvgIpc) is 3.52.